The highest BCUT2D eigenvalue weighted by Crippen LogP contribution is 2.51. The maximum Gasteiger partial charge on any atom is 0.317 e. The molecule has 0 radical (unpaired) electrons. The number of rotatable bonds is 7. The van der Waals surface area contributed by atoms with E-state index in [0.717, 1.165) is 22.1 Å². The van der Waals surface area contributed by atoms with Crippen LogP contribution in [-0.2, 0) is 9.53 Å². The summed E-state index contributed by atoms with van der Waals surface area (Å²) in [4.78, 5) is 31.7. The van der Waals surface area contributed by atoms with Crippen LogP contribution in [-0.4, -0.2) is 63.3 Å². The zero-order chi connectivity index (χ0) is 28.9. The molecule has 1 N–H and O–H groups in total. The predicted molar refractivity (Wildman–Crippen MR) is 154 cm³/mol. The molecule has 1 amide bonds. The number of carbonyl (C=O) groups excluding carboxylic acids is 2. The Kier molecular flexibility index (Phi) is 7.12. The molecule has 5 rings (SSSR count). The first-order chi connectivity index (χ1) is 19.1. The lowest BCUT2D eigenvalue weighted by Crippen LogP contribution is -2.30. The number of amides is 1. The van der Waals surface area contributed by atoms with Crippen LogP contribution in [0.4, 0.5) is 5.69 Å². The fourth-order valence-electron chi connectivity index (χ4n) is 5.61. The number of esters is 1. The van der Waals surface area contributed by atoms with Crippen molar-refractivity contribution < 1.29 is 33.3 Å². The highest BCUT2D eigenvalue weighted by atomic mass is 35.5. The van der Waals surface area contributed by atoms with Gasteiger partial charge in [-0.3, -0.25) is 9.59 Å². The fourth-order valence-corrected chi connectivity index (χ4v) is 5.86. The lowest BCUT2D eigenvalue weighted by molar-refractivity contribution is -0.141. The molecule has 2 aliphatic rings. The number of halogens is 1. The molecular weight excluding hydrogens is 536 g/mol. The molecule has 212 valence electrons. The van der Waals surface area contributed by atoms with Crippen molar-refractivity contribution in [3.63, 3.8) is 0 Å². The van der Waals surface area contributed by atoms with E-state index in [1.165, 1.54) is 21.3 Å². The number of anilines is 1. The van der Waals surface area contributed by atoms with Crippen LogP contribution >= 0.6 is 11.6 Å². The van der Waals surface area contributed by atoms with Crippen LogP contribution in [0.3, 0.4) is 0 Å². The third-order valence-corrected chi connectivity index (χ3v) is 7.58. The van der Waals surface area contributed by atoms with E-state index in [4.69, 9.17) is 35.3 Å². The number of alkyl halides is 1. The SMILES string of the molecule is COC(=O)C1C=Cc2c1c(OC(C)(C)C)cc1c2[C@H](CCl)CN1C(=O)c1cc2cc(OC)c(OC)c(OC)c2[nH]1. The summed E-state index contributed by atoms with van der Waals surface area (Å²) in [6.07, 6.45) is 3.72. The molecule has 0 fully saturated rings. The molecule has 2 heterocycles. The van der Waals surface area contributed by atoms with Crippen molar-refractivity contribution in [3.05, 3.63) is 46.7 Å². The molecule has 10 heteroatoms. The summed E-state index contributed by atoms with van der Waals surface area (Å²) in [5.74, 6) is 0.833. The van der Waals surface area contributed by atoms with Crippen molar-refractivity contribution in [3.8, 4) is 23.0 Å². The summed E-state index contributed by atoms with van der Waals surface area (Å²) in [6.45, 7) is 6.19. The van der Waals surface area contributed by atoms with Gasteiger partial charge in [-0.2, -0.15) is 0 Å². The molecule has 1 aromatic heterocycles. The van der Waals surface area contributed by atoms with Crippen LogP contribution in [0.15, 0.2) is 24.3 Å². The summed E-state index contributed by atoms with van der Waals surface area (Å²) in [6, 6.07) is 5.41. The number of fused-ring (bicyclic) bond motifs is 4. The fraction of sp³-hybridized carbons (Fsp3) is 0.400. The first-order valence-corrected chi connectivity index (χ1v) is 13.5. The average Bonchev–Trinajstić information content (AvgIpc) is 3.65. The van der Waals surface area contributed by atoms with Crippen LogP contribution in [0.2, 0.25) is 0 Å². The number of aromatic amines is 1. The quantitative estimate of drug-likeness (QED) is 0.291. The number of nitrogens with one attached hydrogen (secondary N) is 1. The van der Waals surface area contributed by atoms with E-state index in [-0.39, 0.29) is 17.8 Å². The van der Waals surface area contributed by atoms with Gasteiger partial charge in [0.1, 0.15) is 23.0 Å². The van der Waals surface area contributed by atoms with Crippen molar-refractivity contribution >= 4 is 46.1 Å². The summed E-state index contributed by atoms with van der Waals surface area (Å²) in [5, 5.41) is 0.737. The summed E-state index contributed by atoms with van der Waals surface area (Å²) in [7, 11) is 5.98. The first-order valence-electron chi connectivity index (χ1n) is 12.9. The third kappa shape index (κ3) is 4.42. The Bertz CT molecular complexity index is 1540. The van der Waals surface area contributed by atoms with Gasteiger partial charge in [-0.25, -0.2) is 0 Å². The van der Waals surface area contributed by atoms with Crippen LogP contribution in [0, 0.1) is 0 Å². The number of carbonyl (C=O) groups is 2. The predicted octanol–water partition coefficient (Wildman–Crippen LogP) is 5.64. The normalized spacial score (nSPS) is 17.6. The van der Waals surface area contributed by atoms with Crippen molar-refractivity contribution in [2.45, 2.75) is 38.2 Å². The topological polar surface area (TPSA) is 99.3 Å². The maximum absolute atomic E-state index is 14.1. The van der Waals surface area contributed by atoms with Crippen molar-refractivity contribution in [2.24, 2.45) is 0 Å². The third-order valence-electron chi connectivity index (χ3n) is 7.21. The Balaban J connectivity index is 1.65. The van der Waals surface area contributed by atoms with E-state index in [2.05, 4.69) is 4.98 Å². The second kappa shape index (κ2) is 10.3. The lowest BCUT2D eigenvalue weighted by Gasteiger charge is -2.27. The zero-order valence-corrected chi connectivity index (χ0v) is 24.4. The van der Waals surface area contributed by atoms with Gasteiger partial charge in [0.25, 0.3) is 5.91 Å². The number of aromatic nitrogens is 1. The molecule has 2 atom stereocenters. The molecule has 0 saturated heterocycles. The lowest BCUT2D eigenvalue weighted by atomic mass is 9.91. The van der Waals surface area contributed by atoms with Gasteiger partial charge in [0.05, 0.1) is 39.6 Å². The number of hydrogen-bond acceptors (Lipinski definition) is 7. The van der Waals surface area contributed by atoms with Crippen LogP contribution in [0.5, 0.6) is 23.0 Å². The molecule has 40 heavy (non-hydrogen) atoms. The Morgan fingerprint density at radius 3 is 2.33 bits per heavy atom. The molecule has 9 nitrogen and oxygen atoms in total. The summed E-state index contributed by atoms with van der Waals surface area (Å²) in [5.41, 5.74) is 3.64. The van der Waals surface area contributed by atoms with Crippen molar-refractivity contribution in [2.75, 3.05) is 45.8 Å². The van der Waals surface area contributed by atoms with E-state index in [1.54, 1.807) is 24.1 Å². The van der Waals surface area contributed by atoms with E-state index < -0.39 is 11.5 Å². The highest BCUT2D eigenvalue weighted by Gasteiger charge is 2.41. The van der Waals surface area contributed by atoms with Crippen LogP contribution in [0.25, 0.3) is 17.0 Å². The number of methoxy groups -OCH3 is 4. The number of H-pyrrole nitrogens is 1. The molecular formula is C30H33ClN2O7. The minimum Gasteiger partial charge on any atom is -0.493 e. The molecule has 0 spiro atoms. The molecule has 1 aliphatic heterocycles. The molecule has 2 aromatic carbocycles. The Morgan fingerprint density at radius 1 is 1.00 bits per heavy atom. The van der Waals surface area contributed by atoms with Crippen molar-refractivity contribution in [1.82, 2.24) is 4.98 Å². The summed E-state index contributed by atoms with van der Waals surface area (Å²) < 4.78 is 28.0. The molecule has 0 bridgehead atoms. The van der Waals surface area contributed by atoms with Gasteiger partial charge in [-0.1, -0.05) is 12.2 Å². The maximum atomic E-state index is 14.1. The van der Waals surface area contributed by atoms with Gasteiger partial charge in [-0.15, -0.1) is 11.6 Å². The monoisotopic (exact) mass is 568 g/mol. The molecule has 1 aliphatic carbocycles. The molecule has 1 unspecified atom stereocenters. The van der Waals surface area contributed by atoms with E-state index in [9.17, 15) is 9.59 Å². The van der Waals surface area contributed by atoms with Gasteiger partial charge in [0.2, 0.25) is 5.75 Å². The largest absolute Gasteiger partial charge is 0.493 e. The standard InChI is InChI=1S/C30H33ClN2O7/c1-30(2,3)40-21-12-20-23(17-8-9-18(24(17)21)29(35)39-7)16(13-31)14-33(20)28(34)19-10-15-11-22(36-4)26(37-5)27(38-6)25(15)32-19/h8-12,16,18,32H,13-14H2,1-7H3/t16-,18?/m1/s1. The number of nitrogens with zero attached hydrogens (tertiary/aromatic N) is 1. The van der Waals surface area contributed by atoms with E-state index >= 15 is 0 Å². The Morgan fingerprint density at radius 2 is 1.73 bits per heavy atom. The number of hydrogen-bond donors (Lipinski definition) is 1. The zero-order valence-electron chi connectivity index (χ0n) is 23.6. The number of ether oxygens (including phenoxy) is 5. The van der Waals surface area contributed by atoms with Gasteiger partial charge in [-0.05, 0) is 44.0 Å². The van der Waals surface area contributed by atoms with Gasteiger partial charge >= 0.3 is 5.97 Å². The Labute approximate surface area is 237 Å². The average molecular weight is 569 g/mol. The Hall–Kier alpha value is -3.85. The minimum atomic E-state index is -0.602. The van der Waals surface area contributed by atoms with Crippen molar-refractivity contribution in [1.29, 1.82) is 0 Å². The minimum absolute atomic E-state index is 0.141. The highest BCUT2D eigenvalue weighted by molar-refractivity contribution is 6.19. The number of benzene rings is 2. The first kappa shape index (κ1) is 27.7. The van der Waals surface area contributed by atoms with Gasteiger partial charge < -0.3 is 33.6 Å². The van der Waals surface area contributed by atoms with E-state index in [1.807, 2.05) is 39.0 Å². The summed E-state index contributed by atoms with van der Waals surface area (Å²) >= 11 is 6.46. The molecule has 0 saturated carbocycles. The van der Waals surface area contributed by atoms with Gasteiger partial charge in [0.15, 0.2) is 11.5 Å². The van der Waals surface area contributed by atoms with Crippen LogP contribution < -0.4 is 23.8 Å². The second-order valence-corrected chi connectivity index (χ2v) is 11.1. The molecule has 3 aromatic rings. The second-order valence-electron chi connectivity index (χ2n) is 10.8. The van der Waals surface area contributed by atoms with Gasteiger partial charge in [0, 0.05) is 35.4 Å². The smallest absolute Gasteiger partial charge is 0.317 e. The van der Waals surface area contributed by atoms with Crippen LogP contribution in [0.1, 0.15) is 59.8 Å². The van der Waals surface area contributed by atoms with E-state index in [0.29, 0.717) is 52.3 Å².